The number of pyridine rings is 1. The summed E-state index contributed by atoms with van der Waals surface area (Å²) in [6, 6.07) is 3.39. The molecule has 0 atom stereocenters. The number of hydrogen-bond donors (Lipinski definition) is 1. The van der Waals surface area contributed by atoms with Crippen LogP contribution in [-0.2, 0) is 0 Å². The summed E-state index contributed by atoms with van der Waals surface area (Å²) < 4.78 is 10.1. The number of carboxylic acids is 1. The Bertz CT molecular complexity index is 521. The molecule has 1 N–H and O–H groups in total. The Morgan fingerprint density at radius 2 is 2.38 bits per heavy atom. The van der Waals surface area contributed by atoms with Crippen molar-refractivity contribution >= 4 is 5.97 Å². The van der Waals surface area contributed by atoms with E-state index in [1.165, 1.54) is 0 Å². The van der Waals surface area contributed by atoms with Gasteiger partial charge in [-0.25, -0.2) is 4.79 Å². The maximum absolute atomic E-state index is 10.5. The molecule has 0 amide bonds. The second-order valence-corrected chi connectivity index (χ2v) is 2.99. The highest BCUT2D eigenvalue weighted by Crippen LogP contribution is 2.22. The molecule has 0 saturated carbocycles. The Labute approximate surface area is 90.5 Å². The number of aryl methyl sites for hydroxylation is 1. The minimum Gasteiger partial charge on any atom is -0.476 e. The lowest BCUT2D eigenvalue weighted by molar-refractivity contribution is 0.0690. The third-order valence-electron chi connectivity index (χ3n) is 1.86. The lowest BCUT2D eigenvalue weighted by atomic mass is 10.3. The quantitative estimate of drug-likeness (QED) is 0.849. The molecule has 0 aliphatic rings. The summed E-state index contributed by atoms with van der Waals surface area (Å²) in [5, 5.41) is 8.63. The highest BCUT2D eigenvalue weighted by atomic mass is 16.6. The van der Waals surface area contributed by atoms with Gasteiger partial charge in [0.15, 0.2) is 11.4 Å². The molecular weight excluding hydrogens is 212 g/mol. The first-order chi connectivity index (χ1) is 7.66. The molecule has 0 fully saturated rings. The van der Waals surface area contributed by atoms with Crippen LogP contribution in [0.2, 0.25) is 0 Å². The van der Waals surface area contributed by atoms with Gasteiger partial charge in [-0.15, -0.1) is 0 Å². The average Bonchev–Trinajstić information content (AvgIpc) is 2.70. The summed E-state index contributed by atoms with van der Waals surface area (Å²) >= 11 is 0. The minimum absolute atomic E-state index is 0.117. The molecule has 2 aromatic heterocycles. The number of rotatable bonds is 3. The highest BCUT2D eigenvalue weighted by Gasteiger charge is 2.12. The summed E-state index contributed by atoms with van der Waals surface area (Å²) in [6.45, 7) is 1.76. The molecule has 2 heterocycles. The zero-order chi connectivity index (χ0) is 11.5. The largest absolute Gasteiger partial charge is 0.476 e. The maximum Gasteiger partial charge on any atom is 0.399 e. The molecule has 6 nitrogen and oxygen atoms in total. The highest BCUT2D eigenvalue weighted by molar-refractivity contribution is 5.84. The van der Waals surface area contributed by atoms with E-state index in [2.05, 4.69) is 9.97 Å². The zero-order valence-corrected chi connectivity index (χ0v) is 8.38. The number of carboxylic acid groups (broad SMARTS) is 1. The average molecular weight is 220 g/mol. The summed E-state index contributed by atoms with van der Waals surface area (Å²) in [6.07, 6.45) is 2.53. The number of carbonyl (C=O) groups is 1. The lowest BCUT2D eigenvalue weighted by Crippen LogP contribution is -1.96. The monoisotopic (exact) mass is 220 g/mol. The van der Waals surface area contributed by atoms with E-state index in [-0.39, 0.29) is 11.8 Å². The summed E-state index contributed by atoms with van der Waals surface area (Å²) in [7, 11) is 0. The van der Waals surface area contributed by atoms with Crippen molar-refractivity contribution in [2.45, 2.75) is 6.92 Å². The Morgan fingerprint density at radius 3 is 3.00 bits per heavy atom. The van der Waals surface area contributed by atoms with Crippen LogP contribution < -0.4 is 4.74 Å². The predicted molar refractivity (Wildman–Crippen MR) is 52.5 cm³/mol. The molecule has 0 spiro atoms. The standard InChI is InChI=1S/C10H8N2O4/c1-6-8(3-2-4-11-6)16-10-12-7(5-15-10)9(13)14/h2-5H,1H3,(H,13,14). The van der Waals surface area contributed by atoms with Gasteiger partial charge in [0.25, 0.3) is 0 Å². The van der Waals surface area contributed by atoms with Crippen LogP contribution in [0, 0.1) is 6.92 Å². The van der Waals surface area contributed by atoms with Gasteiger partial charge in [-0.3, -0.25) is 4.98 Å². The number of aromatic nitrogens is 2. The van der Waals surface area contributed by atoms with Crippen LogP contribution in [0.1, 0.15) is 16.2 Å². The van der Waals surface area contributed by atoms with Gasteiger partial charge >= 0.3 is 12.0 Å². The molecule has 0 aromatic carbocycles. The van der Waals surface area contributed by atoms with Crippen LogP contribution in [0.3, 0.4) is 0 Å². The Balaban J connectivity index is 2.21. The third-order valence-corrected chi connectivity index (χ3v) is 1.86. The van der Waals surface area contributed by atoms with Crippen LogP contribution >= 0.6 is 0 Å². The van der Waals surface area contributed by atoms with Gasteiger partial charge in [-0.2, -0.15) is 4.98 Å². The van der Waals surface area contributed by atoms with Crippen molar-refractivity contribution < 1.29 is 19.1 Å². The Kier molecular flexibility index (Phi) is 2.55. The Morgan fingerprint density at radius 1 is 1.56 bits per heavy atom. The summed E-state index contributed by atoms with van der Waals surface area (Å²) in [4.78, 5) is 18.2. The molecule has 2 rings (SSSR count). The van der Waals surface area contributed by atoms with E-state index in [0.717, 1.165) is 6.26 Å². The van der Waals surface area contributed by atoms with Crippen LogP contribution in [0.4, 0.5) is 0 Å². The van der Waals surface area contributed by atoms with E-state index in [4.69, 9.17) is 14.3 Å². The van der Waals surface area contributed by atoms with Crippen molar-refractivity contribution in [3.63, 3.8) is 0 Å². The first-order valence-corrected chi connectivity index (χ1v) is 4.45. The van der Waals surface area contributed by atoms with E-state index in [9.17, 15) is 4.79 Å². The number of oxazole rings is 1. The normalized spacial score (nSPS) is 10.1. The second kappa shape index (κ2) is 4.01. The van der Waals surface area contributed by atoms with E-state index < -0.39 is 5.97 Å². The van der Waals surface area contributed by atoms with Crippen molar-refractivity contribution in [3.05, 3.63) is 36.0 Å². The van der Waals surface area contributed by atoms with Crippen molar-refractivity contribution in [2.75, 3.05) is 0 Å². The number of hydrogen-bond acceptors (Lipinski definition) is 5. The van der Waals surface area contributed by atoms with Crippen molar-refractivity contribution in [3.8, 4) is 11.8 Å². The van der Waals surface area contributed by atoms with Gasteiger partial charge in [-0.1, -0.05) is 0 Å². The maximum atomic E-state index is 10.5. The van der Waals surface area contributed by atoms with Crippen LogP contribution in [0.25, 0.3) is 0 Å². The third kappa shape index (κ3) is 2.00. The van der Waals surface area contributed by atoms with Crippen molar-refractivity contribution in [2.24, 2.45) is 0 Å². The molecule has 82 valence electrons. The molecule has 0 radical (unpaired) electrons. The van der Waals surface area contributed by atoms with E-state index in [1.807, 2.05) is 0 Å². The fourth-order valence-corrected chi connectivity index (χ4v) is 1.07. The SMILES string of the molecule is Cc1ncccc1Oc1nc(C(=O)O)co1. The fraction of sp³-hybridized carbons (Fsp3) is 0.100. The number of nitrogens with zero attached hydrogens (tertiary/aromatic N) is 2. The topological polar surface area (TPSA) is 85.5 Å². The van der Waals surface area contributed by atoms with Gasteiger partial charge in [-0.05, 0) is 19.1 Å². The predicted octanol–water partition coefficient (Wildman–Crippen LogP) is 1.87. The van der Waals surface area contributed by atoms with E-state index >= 15 is 0 Å². The number of aromatic carboxylic acids is 1. The zero-order valence-electron chi connectivity index (χ0n) is 8.38. The molecule has 0 aliphatic heterocycles. The molecule has 0 saturated heterocycles. The van der Waals surface area contributed by atoms with Gasteiger partial charge < -0.3 is 14.3 Å². The molecule has 6 heteroatoms. The minimum atomic E-state index is -1.17. The number of ether oxygens (including phenoxy) is 1. The molecular formula is C10H8N2O4. The Hall–Kier alpha value is -2.37. The van der Waals surface area contributed by atoms with Crippen LogP contribution in [0.5, 0.6) is 11.8 Å². The van der Waals surface area contributed by atoms with Crippen molar-refractivity contribution in [1.82, 2.24) is 9.97 Å². The molecule has 16 heavy (non-hydrogen) atoms. The van der Waals surface area contributed by atoms with Gasteiger partial charge in [0.2, 0.25) is 0 Å². The van der Waals surface area contributed by atoms with E-state index in [1.54, 1.807) is 25.3 Å². The smallest absolute Gasteiger partial charge is 0.399 e. The van der Waals surface area contributed by atoms with E-state index in [0.29, 0.717) is 11.4 Å². The van der Waals surface area contributed by atoms with Gasteiger partial charge in [0.05, 0.1) is 5.69 Å². The fourth-order valence-electron chi connectivity index (χ4n) is 1.07. The molecule has 2 aromatic rings. The van der Waals surface area contributed by atoms with Crippen LogP contribution in [-0.4, -0.2) is 21.0 Å². The first kappa shape index (κ1) is 10.2. The molecule has 0 bridgehead atoms. The van der Waals surface area contributed by atoms with Gasteiger partial charge in [0.1, 0.15) is 6.26 Å². The van der Waals surface area contributed by atoms with Crippen molar-refractivity contribution in [1.29, 1.82) is 0 Å². The summed E-state index contributed by atoms with van der Waals surface area (Å²) in [5.41, 5.74) is 0.467. The van der Waals surface area contributed by atoms with Gasteiger partial charge in [0, 0.05) is 6.20 Å². The van der Waals surface area contributed by atoms with Crippen LogP contribution in [0.15, 0.2) is 29.0 Å². The second-order valence-electron chi connectivity index (χ2n) is 2.99. The molecule has 0 aliphatic carbocycles. The first-order valence-electron chi connectivity index (χ1n) is 4.45. The summed E-state index contributed by atoms with van der Waals surface area (Å²) in [5.74, 6) is -0.692. The lowest BCUT2D eigenvalue weighted by Gasteiger charge is -2.01. The molecule has 0 unspecified atom stereocenters.